The van der Waals surface area contributed by atoms with E-state index in [4.69, 9.17) is 9.47 Å². The first kappa shape index (κ1) is 33.9. The fourth-order valence-corrected chi connectivity index (χ4v) is 3.83. The van der Waals surface area contributed by atoms with Crippen LogP contribution in [-0.4, -0.2) is 11.9 Å². The normalized spacial score (nSPS) is 13.6. The molecule has 206 valence electrons. The molecule has 36 heavy (non-hydrogen) atoms. The molecule has 0 aromatic rings. The predicted molar refractivity (Wildman–Crippen MR) is 152 cm³/mol. The van der Waals surface area contributed by atoms with Gasteiger partial charge in [-0.05, 0) is 116 Å². The Labute approximate surface area is 222 Å². The third-order valence-electron chi connectivity index (χ3n) is 6.28. The van der Waals surface area contributed by atoms with E-state index in [0.29, 0.717) is 11.8 Å². The maximum absolute atomic E-state index is 12.0. The summed E-state index contributed by atoms with van der Waals surface area (Å²) in [6, 6.07) is 0. The van der Waals surface area contributed by atoms with E-state index in [1.54, 1.807) is 0 Å². The van der Waals surface area contributed by atoms with Crippen molar-refractivity contribution < 1.29 is 19.1 Å². The van der Waals surface area contributed by atoms with Gasteiger partial charge in [-0.25, -0.2) is 0 Å². The molecule has 0 saturated carbocycles. The van der Waals surface area contributed by atoms with Gasteiger partial charge in [-0.3, -0.25) is 9.59 Å². The average Bonchev–Trinajstić information content (AvgIpc) is 2.79. The highest BCUT2D eigenvalue weighted by molar-refractivity contribution is 5.78. The van der Waals surface area contributed by atoms with E-state index in [1.165, 1.54) is 49.4 Å². The van der Waals surface area contributed by atoms with Crippen LogP contribution < -0.4 is 0 Å². The fourth-order valence-electron chi connectivity index (χ4n) is 3.83. The molecule has 0 bridgehead atoms. The van der Waals surface area contributed by atoms with Crippen molar-refractivity contribution in [1.29, 1.82) is 0 Å². The minimum atomic E-state index is -0.399. The quantitative estimate of drug-likeness (QED) is 0.100. The Balaban J connectivity index is 4.02. The lowest BCUT2D eigenvalue weighted by molar-refractivity contribution is -0.144. The second-order valence-corrected chi connectivity index (χ2v) is 11.1. The summed E-state index contributed by atoms with van der Waals surface area (Å²) in [5, 5.41) is 0. The molecule has 4 nitrogen and oxygen atoms in total. The van der Waals surface area contributed by atoms with Crippen molar-refractivity contribution in [1.82, 2.24) is 0 Å². The first-order chi connectivity index (χ1) is 17.0. The van der Waals surface area contributed by atoms with Crippen molar-refractivity contribution >= 4 is 11.9 Å². The first-order valence-electron chi connectivity index (χ1n) is 14.0. The molecule has 0 aromatic heterocycles. The van der Waals surface area contributed by atoms with Crippen LogP contribution in [0.5, 0.6) is 0 Å². The van der Waals surface area contributed by atoms with E-state index in [-0.39, 0.29) is 12.8 Å². The van der Waals surface area contributed by atoms with Gasteiger partial charge < -0.3 is 9.47 Å². The topological polar surface area (TPSA) is 52.6 Å². The van der Waals surface area contributed by atoms with Crippen LogP contribution in [0.1, 0.15) is 132 Å². The van der Waals surface area contributed by atoms with E-state index in [0.717, 1.165) is 49.7 Å². The molecule has 0 aromatic carbocycles. The number of hydrogen-bond donors (Lipinski definition) is 0. The molecule has 0 amide bonds. The zero-order valence-electron chi connectivity index (χ0n) is 24.6. The van der Waals surface area contributed by atoms with Gasteiger partial charge in [-0.2, -0.15) is 0 Å². The summed E-state index contributed by atoms with van der Waals surface area (Å²) in [5.74, 6) is 0.593. The second-order valence-electron chi connectivity index (χ2n) is 11.1. The summed E-state index contributed by atoms with van der Waals surface area (Å²) in [6.07, 6.45) is 18.8. The van der Waals surface area contributed by atoms with Crippen LogP contribution in [0.4, 0.5) is 0 Å². The number of allylic oxidation sites excluding steroid dienone is 6. The van der Waals surface area contributed by atoms with Gasteiger partial charge >= 0.3 is 11.9 Å². The molecular weight excluding hydrogens is 448 g/mol. The first-order valence-corrected chi connectivity index (χ1v) is 14.0. The summed E-state index contributed by atoms with van der Waals surface area (Å²) >= 11 is 0. The highest BCUT2D eigenvalue weighted by Crippen LogP contribution is 2.18. The molecule has 0 aliphatic carbocycles. The van der Waals surface area contributed by atoms with Gasteiger partial charge in [-0.1, -0.05) is 50.0 Å². The Bertz CT molecular complexity index is 682. The van der Waals surface area contributed by atoms with Gasteiger partial charge in [0.25, 0.3) is 0 Å². The summed E-state index contributed by atoms with van der Waals surface area (Å²) in [6.45, 7) is 17.1. The minimum Gasteiger partial charge on any atom is -0.435 e. The van der Waals surface area contributed by atoms with Crippen LogP contribution in [0.15, 0.2) is 47.0 Å². The van der Waals surface area contributed by atoms with E-state index in [1.807, 2.05) is 13.8 Å². The minimum absolute atomic E-state index is 0.0279. The number of ether oxygens (including phenoxy) is 2. The molecule has 4 heteroatoms. The van der Waals surface area contributed by atoms with Crippen molar-refractivity contribution in [3.63, 3.8) is 0 Å². The van der Waals surface area contributed by atoms with Gasteiger partial charge in [0.15, 0.2) is 0 Å². The average molecular weight is 503 g/mol. The van der Waals surface area contributed by atoms with Gasteiger partial charge in [0, 0.05) is 0 Å². The highest BCUT2D eigenvalue weighted by Gasteiger charge is 2.09. The van der Waals surface area contributed by atoms with E-state index >= 15 is 0 Å². The standard InChI is InChI=1S/C32H54O4/c1-25(2)13-9-15-27(5)17-11-19-29(7)23-35-31(33)21-22-32(34)36-24-30(8)20-12-18-28(6)16-10-14-26(3)4/h13-14,23-24,27-28H,9-12,15-22H2,1-8H3. The second kappa shape index (κ2) is 21.0. The van der Waals surface area contributed by atoms with E-state index in [9.17, 15) is 9.59 Å². The summed E-state index contributed by atoms with van der Waals surface area (Å²) in [7, 11) is 0. The monoisotopic (exact) mass is 502 g/mol. The Morgan fingerprint density at radius 2 is 0.944 bits per heavy atom. The zero-order chi connectivity index (χ0) is 27.3. The summed E-state index contributed by atoms with van der Waals surface area (Å²) in [5.41, 5.74) is 4.86. The Hall–Kier alpha value is -2.10. The Morgan fingerprint density at radius 1 is 0.583 bits per heavy atom. The molecular formula is C32H54O4. The van der Waals surface area contributed by atoms with Crippen LogP contribution in [0.3, 0.4) is 0 Å². The predicted octanol–water partition coefficient (Wildman–Crippen LogP) is 9.77. The number of carbonyl (C=O) groups is 2. The lowest BCUT2D eigenvalue weighted by Crippen LogP contribution is -2.06. The van der Waals surface area contributed by atoms with Crippen molar-refractivity contribution in [3.05, 3.63) is 47.0 Å². The van der Waals surface area contributed by atoms with Crippen molar-refractivity contribution in [2.24, 2.45) is 11.8 Å². The van der Waals surface area contributed by atoms with Crippen LogP contribution in [0, 0.1) is 11.8 Å². The smallest absolute Gasteiger partial charge is 0.311 e. The largest absolute Gasteiger partial charge is 0.435 e. The van der Waals surface area contributed by atoms with Crippen molar-refractivity contribution in [2.45, 2.75) is 132 Å². The van der Waals surface area contributed by atoms with Gasteiger partial charge in [0.2, 0.25) is 0 Å². The molecule has 0 rings (SSSR count). The molecule has 2 unspecified atom stereocenters. The highest BCUT2D eigenvalue weighted by atomic mass is 16.5. The van der Waals surface area contributed by atoms with E-state index < -0.39 is 11.9 Å². The molecule has 0 aliphatic heterocycles. The molecule has 0 fully saturated rings. The number of esters is 2. The van der Waals surface area contributed by atoms with E-state index in [2.05, 4.69) is 53.7 Å². The van der Waals surface area contributed by atoms with Crippen molar-refractivity contribution in [3.8, 4) is 0 Å². The lowest BCUT2D eigenvalue weighted by atomic mass is 9.97. The SMILES string of the molecule is CC(C)=CCCC(C)CCCC(C)=COC(=O)CCC(=O)OC=C(C)CCCC(C)CCC=C(C)C. The number of hydrogen-bond acceptors (Lipinski definition) is 4. The van der Waals surface area contributed by atoms with Crippen molar-refractivity contribution in [2.75, 3.05) is 0 Å². The maximum atomic E-state index is 12.0. The van der Waals surface area contributed by atoms with Crippen LogP contribution in [-0.2, 0) is 19.1 Å². The maximum Gasteiger partial charge on any atom is 0.311 e. The lowest BCUT2D eigenvalue weighted by Gasteiger charge is -2.10. The van der Waals surface area contributed by atoms with Gasteiger partial charge in [-0.15, -0.1) is 0 Å². The Morgan fingerprint density at radius 3 is 1.28 bits per heavy atom. The molecule has 0 radical (unpaired) electrons. The number of carbonyl (C=O) groups excluding carboxylic acids is 2. The third kappa shape index (κ3) is 22.4. The molecule has 0 heterocycles. The fraction of sp³-hybridized carbons (Fsp3) is 0.688. The molecule has 0 N–H and O–H groups in total. The molecule has 2 atom stereocenters. The summed E-state index contributed by atoms with van der Waals surface area (Å²) < 4.78 is 10.4. The van der Waals surface area contributed by atoms with Crippen LogP contribution in [0.25, 0.3) is 0 Å². The summed E-state index contributed by atoms with van der Waals surface area (Å²) in [4.78, 5) is 23.9. The molecule has 0 saturated heterocycles. The zero-order valence-corrected chi connectivity index (χ0v) is 24.6. The molecule has 0 aliphatic rings. The van der Waals surface area contributed by atoms with Gasteiger partial charge in [0.05, 0.1) is 25.4 Å². The third-order valence-corrected chi connectivity index (χ3v) is 6.28. The van der Waals surface area contributed by atoms with Crippen LogP contribution in [0.2, 0.25) is 0 Å². The van der Waals surface area contributed by atoms with Gasteiger partial charge in [0.1, 0.15) is 0 Å². The van der Waals surface area contributed by atoms with Crippen LogP contribution >= 0.6 is 0 Å². The Kier molecular flexibility index (Phi) is 19.8. The molecule has 0 spiro atoms. The number of rotatable bonds is 19.